The first-order valence-corrected chi connectivity index (χ1v) is 7.50. The molecule has 2 rings (SSSR count). The van der Waals surface area contributed by atoms with Crippen LogP contribution in [0.25, 0.3) is 0 Å². The number of urea groups is 1. The molecule has 20 heavy (non-hydrogen) atoms. The molecule has 1 aliphatic rings. The van der Waals surface area contributed by atoms with Crippen molar-refractivity contribution in [1.29, 1.82) is 0 Å². The number of aromatic nitrogens is 1. The molecule has 5 nitrogen and oxygen atoms in total. The third kappa shape index (κ3) is 3.32. The van der Waals surface area contributed by atoms with E-state index in [4.69, 9.17) is 4.52 Å². The normalized spacial score (nSPS) is 19.1. The van der Waals surface area contributed by atoms with Gasteiger partial charge in [-0.05, 0) is 18.8 Å². The molecule has 1 aromatic heterocycles. The Kier molecular flexibility index (Phi) is 4.68. The lowest BCUT2D eigenvalue weighted by molar-refractivity contribution is 0.189. The SMILES string of the molecule is CC(C)CNC(=O)N1CCCC1c1cc(C(C)C)on1. The molecule has 0 radical (unpaired) electrons. The highest BCUT2D eigenvalue weighted by molar-refractivity contribution is 5.75. The van der Waals surface area contributed by atoms with E-state index in [9.17, 15) is 4.79 Å². The zero-order valence-corrected chi connectivity index (χ0v) is 12.8. The maximum Gasteiger partial charge on any atom is 0.317 e. The number of rotatable bonds is 4. The van der Waals surface area contributed by atoms with Crippen molar-refractivity contribution in [2.24, 2.45) is 5.92 Å². The Balaban J connectivity index is 2.04. The van der Waals surface area contributed by atoms with Gasteiger partial charge in [0.1, 0.15) is 11.5 Å². The molecule has 2 heterocycles. The smallest absolute Gasteiger partial charge is 0.317 e. The molecule has 112 valence electrons. The molecule has 1 N–H and O–H groups in total. The minimum absolute atomic E-state index is 0.00953. The van der Waals surface area contributed by atoms with Gasteiger partial charge >= 0.3 is 6.03 Å². The van der Waals surface area contributed by atoms with E-state index in [1.54, 1.807) is 0 Å². The van der Waals surface area contributed by atoms with Crippen LogP contribution in [0.4, 0.5) is 4.79 Å². The molecule has 0 spiro atoms. The van der Waals surface area contributed by atoms with Crippen LogP contribution in [0.5, 0.6) is 0 Å². The van der Waals surface area contributed by atoms with E-state index in [0.717, 1.165) is 30.8 Å². The molecule has 1 atom stereocenters. The van der Waals surface area contributed by atoms with Gasteiger partial charge in [-0.2, -0.15) is 0 Å². The second kappa shape index (κ2) is 6.29. The van der Waals surface area contributed by atoms with Gasteiger partial charge in [-0.15, -0.1) is 0 Å². The van der Waals surface area contributed by atoms with Gasteiger partial charge in [0, 0.05) is 25.1 Å². The van der Waals surface area contributed by atoms with Crippen LogP contribution in [0, 0.1) is 5.92 Å². The molecular formula is C15H25N3O2. The predicted octanol–water partition coefficient (Wildman–Crippen LogP) is 3.30. The number of likely N-dealkylation sites (tertiary alicyclic amines) is 1. The van der Waals surface area contributed by atoms with Crippen LogP contribution in [-0.4, -0.2) is 29.2 Å². The Morgan fingerprint density at radius 3 is 2.85 bits per heavy atom. The van der Waals surface area contributed by atoms with Gasteiger partial charge < -0.3 is 14.7 Å². The molecule has 5 heteroatoms. The van der Waals surface area contributed by atoms with Crippen LogP contribution in [0.15, 0.2) is 10.6 Å². The van der Waals surface area contributed by atoms with Crippen molar-refractivity contribution < 1.29 is 9.32 Å². The summed E-state index contributed by atoms with van der Waals surface area (Å²) in [5.74, 6) is 1.66. The van der Waals surface area contributed by atoms with Crippen molar-refractivity contribution in [2.45, 2.75) is 52.5 Å². The van der Waals surface area contributed by atoms with Gasteiger partial charge in [0.05, 0.1) is 6.04 Å². The quantitative estimate of drug-likeness (QED) is 0.920. The first-order chi connectivity index (χ1) is 9.49. The first kappa shape index (κ1) is 14.9. The molecule has 1 aliphatic heterocycles. The maximum absolute atomic E-state index is 12.2. The Hall–Kier alpha value is -1.52. The monoisotopic (exact) mass is 279 g/mol. The number of nitrogens with one attached hydrogen (secondary N) is 1. The summed E-state index contributed by atoms with van der Waals surface area (Å²) in [6.45, 7) is 9.83. The summed E-state index contributed by atoms with van der Waals surface area (Å²) in [6, 6.07) is 2.05. The van der Waals surface area contributed by atoms with Crippen LogP contribution in [0.1, 0.15) is 64.0 Å². The van der Waals surface area contributed by atoms with Crippen molar-refractivity contribution in [3.8, 4) is 0 Å². The highest BCUT2D eigenvalue weighted by atomic mass is 16.5. The van der Waals surface area contributed by atoms with Crippen molar-refractivity contribution in [3.63, 3.8) is 0 Å². The number of amides is 2. The van der Waals surface area contributed by atoms with Crippen molar-refractivity contribution in [2.75, 3.05) is 13.1 Å². The number of carbonyl (C=O) groups is 1. The fourth-order valence-corrected chi connectivity index (χ4v) is 2.44. The Bertz CT molecular complexity index is 454. The van der Waals surface area contributed by atoms with E-state index < -0.39 is 0 Å². The van der Waals surface area contributed by atoms with E-state index in [2.05, 4.69) is 38.2 Å². The van der Waals surface area contributed by atoms with E-state index in [1.165, 1.54) is 0 Å². The number of nitrogens with zero attached hydrogens (tertiary/aromatic N) is 2. The van der Waals surface area contributed by atoms with Crippen LogP contribution in [0.3, 0.4) is 0 Å². The molecule has 0 bridgehead atoms. The van der Waals surface area contributed by atoms with Gasteiger partial charge in [-0.1, -0.05) is 32.9 Å². The van der Waals surface area contributed by atoms with E-state index in [0.29, 0.717) is 18.4 Å². The lowest BCUT2D eigenvalue weighted by Gasteiger charge is -2.23. The molecule has 1 aromatic rings. The van der Waals surface area contributed by atoms with Gasteiger partial charge in [0.2, 0.25) is 0 Å². The van der Waals surface area contributed by atoms with Gasteiger partial charge in [0.25, 0.3) is 0 Å². The van der Waals surface area contributed by atoms with Gasteiger partial charge in [-0.25, -0.2) is 4.79 Å². The van der Waals surface area contributed by atoms with Crippen LogP contribution >= 0.6 is 0 Å². The molecular weight excluding hydrogens is 254 g/mol. The molecule has 2 amide bonds. The summed E-state index contributed by atoms with van der Waals surface area (Å²) >= 11 is 0. The lowest BCUT2D eigenvalue weighted by Crippen LogP contribution is -2.40. The topological polar surface area (TPSA) is 58.4 Å². The molecule has 0 saturated carbocycles. The summed E-state index contributed by atoms with van der Waals surface area (Å²) in [5, 5.41) is 7.13. The molecule has 0 aliphatic carbocycles. The molecule has 1 fully saturated rings. The molecule has 0 aromatic carbocycles. The lowest BCUT2D eigenvalue weighted by atomic mass is 10.1. The standard InChI is InChI=1S/C15H25N3O2/c1-10(2)9-16-15(19)18-7-5-6-13(18)12-8-14(11(3)4)20-17-12/h8,10-11,13H,5-7,9H2,1-4H3,(H,16,19). The van der Waals surface area contributed by atoms with Crippen molar-refractivity contribution >= 4 is 6.03 Å². The van der Waals surface area contributed by atoms with Crippen molar-refractivity contribution in [1.82, 2.24) is 15.4 Å². The Morgan fingerprint density at radius 2 is 2.25 bits per heavy atom. The third-order valence-electron chi connectivity index (χ3n) is 3.63. The fourth-order valence-electron chi connectivity index (χ4n) is 2.44. The van der Waals surface area contributed by atoms with Crippen LogP contribution < -0.4 is 5.32 Å². The van der Waals surface area contributed by atoms with Gasteiger partial charge in [-0.3, -0.25) is 0 Å². The number of hydrogen-bond donors (Lipinski definition) is 1. The molecule has 1 saturated heterocycles. The largest absolute Gasteiger partial charge is 0.361 e. The predicted molar refractivity (Wildman–Crippen MR) is 77.5 cm³/mol. The first-order valence-electron chi connectivity index (χ1n) is 7.50. The van der Waals surface area contributed by atoms with Crippen LogP contribution in [0.2, 0.25) is 0 Å². The molecule has 1 unspecified atom stereocenters. The zero-order chi connectivity index (χ0) is 14.7. The number of hydrogen-bond acceptors (Lipinski definition) is 3. The van der Waals surface area contributed by atoms with Crippen molar-refractivity contribution in [3.05, 3.63) is 17.5 Å². The summed E-state index contributed by atoms with van der Waals surface area (Å²) in [6.07, 6.45) is 1.98. The average Bonchev–Trinajstić information content (AvgIpc) is 3.03. The Morgan fingerprint density at radius 1 is 1.50 bits per heavy atom. The summed E-state index contributed by atoms with van der Waals surface area (Å²) in [5.41, 5.74) is 0.880. The second-order valence-corrected chi connectivity index (χ2v) is 6.24. The summed E-state index contributed by atoms with van der Waals surface area (Å²) < 4.78 is 5.36. The van der Waals surface area contributed by atoms with E-state index in [-0.39, 0.29) is 12.1 Å². The maximum atomic E-state index is 12.2. The summed E-state index contributed by atoms with van der Waals surface area (Å²) in [4.78, 5) is 14.1. The third-order valence-corrected chi connectivity index (χ3v) is 3.63. The fraction of sp³-hybridized carbons (Fsp3) is 0.733. The Labute approximate surface area is 120 Å². The highest BCUT2D eigenvalue weighted by Crippen LogP contribution is 2.32. The van der Waals surface area contributed by atoms with E-state index in [1.807, 2.05) is 11.0 Å². The number of carbonyl (C=O) groups excluding carboxylic acids is 1. The highest BCUT2D eigenvalue weighted by Gasteiger charge is 2.32. The van der Waals surface area contributed by atoms with E-state index >= 15 is 0 Å². The second-order valence-electron chi connectivity index (χ2n) is 6.24. The average molecular weight is 279 g/mol. The summed E-state index contributed by atoms with van der Waals surface area (Å²) in [7, 11) is 0. The van der Waals surface area contributed by atoms with Crippen LogP contribution in [-0.2, 0) is 0 Å². The zero-order valence-electron chi connectivity index (χ0n) is 12.8. The van der Waals surface area contributed by atoms with Gasteiger partial charge in [0.15, 0.2) is 0 Å². The minimum atomic E-state index is 0.00953. The minimum Gasteiger partial charge on any atom is -0.361 e.